The van der Waals surface area contributed by atoms with Gasteiger partial charge in [0, 0.05) is 0 Å². The summed E-state index contributed by atoms with van der Waals surface area (Å²) >= 11 is 0. The van der Waals surface area contributed by atoms with Crippen LogP contribution in [0.4, 0.5) is 5.82 Å². The molecular weight excluding hydrogens is 352 g/mol. The van der Waals surface area contributed by atoms with E-state index in [1.165, 1.54) is 6.07 Å². The van der Waals surface area contributed by atoms with Crippen LogP contribution in [0.15, 0.2) is 65.6 Å². The highest BCUT2D eigenvalue weighted by Gasteiger charge is 2.16. The van der Waals surface area contributed by atoms with Crippen LogP contribution in [0.25, 0.3) is 10.8 Å². The van der Waals surface area contributed by atoms with Gasteiger partial charge in [0.2, 0.25) is 0 Å². The Labute approximate surface area is 151 Å². The molecule has 0 fully saturated rings. The summed E-state index contributed by atoms with van der Waals surface area (Å²) in [5.74, 6) is -0.255. The first kappa shape index (κ1) is 17.9. The number of carbonyl (C=O) groups excluding carboxylic acids is 1. The second-order valence-corrected chi connectivity index (χ2v) is 7.29. The largest absolute Gasteiger partial charge is 0.466 e. The summed E-state index contributed by atoms with van der Waals surface area (Å²) in [6.07, 6.45) is -0.0145. The van der Waals surface area contributed by atoms with Crippen molar-refractivity contribution < 1.29 is 17.9 Å². The quantitative estimate of drug-likeness (QED) is 0.674. The Bertz CT molecular complexity index is 1050. The van der Waals surface area contributed by atoms with E-state index in [2.05, 4.69) is 9.71 Å². The smallest absolute Gasteiger partial charge is 0.311 e. The second-order valence-electron chi connectivity index (χ2n) is 5.61. The van der Waals surface area contributed by atoms with Crippen LogP contribution in [-0.4, -0.2) is 26.0 Å². The van der Waals surface area contributed by atoms with Gasteiger partial charge >= 0.3 is 5.97 Å². The van der Waals surface area contributed by atoms with Crippen molar-refractivity contribution >= 4 is 32.6 Å². The van der Waals surface area contributed by atoms with Crippen LogP contribution < -0.4 is 4.72 Å². The van der Waals surface area contributed by atoms with Gasteiger partial charge in [0.05, 0.1) is 23.6 Å². The Morgan fingerprint density at radius 3 is 2.58 bits per heavy atom. The molecule has 3 rings (SSSR count). The zero-order valence-corrected chi connectivity index (χ0v) is 15.0. The van der Waals surface area contributed by atoms with Gasteiger partial charge in [-0.1, -0.05) is 36.4 Å². The molecule has 0 radical (unpaired) electrons. The fourth-order valence-corrected chi connectivity index (χ4v) is 3.56. The van der Waals surface area contributed by atoms with E-state index in [1.54, 1.807) is 37.3 Å². The van der Waals surface area contributed by atoms with Crippen molar-refractivity contribution in [2.45, 2.75) is 18.2 Å². The summed E-state index contributed by atoms with van der Waals surface area (Å²) in [6, 6.07) is 17.3. The molecule has 1 heterocycles. The number of rotatable bonds is 6. The molecule has 0 saturated carbocycles. The minimum absolute atomic E-state index is 0.0145. The lowest BCUT2D eigenvalue weighted by Gasteiger charge is -2.09. The maximum atomic E-state index is 12.6. The Morgan fingerprint density at radius 2 is 1.81 bits per heavy atom. The number of nitrogens with one attached hydrogen (secondary N) is 1. The topological polar surface area (TPSA) is 85.4 Å². The normalized spacial score (nSPS) is 11.3. The summed E-state index contributed by atoms with van der Waals surface area (Å²) in [4.78, 5) is 15.9. The first-order chi connectivity index (χ1) is 12.5. The number of benzene rings is 2. The Morgan fingerprint density at radius 1 is 1.04 bits per heavy atom. The van der Waals surface area contributed by atoms with Crippen molar-refractivity contribution in [2.24, 2.45) is 0 Å². The van der Waals surface area contributed by atoms with Gasteiger partial charge in [-0.2, -0.15) is 0 Å². The molecule has 0 bridgehead atoms. The third kappa shape index (κ3) is 4.18. The van der Waals surface area contributed by atoms with Crippen molar-refractivity contribution in [1.82, 2.24) is 4.98 Å². The summed E-state index contributed by atoms with van der Waals surface area (Å²) < 4.78 is 32.6. The Hall–Kier alpha value is -2.93. The average molecular weight is 370 g/mol. The van der Waals surface area contributed by atoms with E-state index >= 15 is 0 Å². The molecule has 1 aromatic heterocycles. The van der Waals surface area contributed by atoms with Crippen LogP contribution in [0.1, 0.15) is 12.6 Å². The standard InChI is InChI=1S/C19H18N2O4S/c1-2-25-19(22)13-16-8-5-9-18(20-16)21-26(23,24)17-11-10-14-6-3-4-7-15(14)12-17/h3-12H,2,13H2,1H3,(H,20,21). The molecule has 0 spiro atoms. The molecule has 0 unspecified atom stereocenters. The molecule has 1 N–H and O–H groups in total. The first-order valence-electron chi connectivity index (χ1n) is 8.11. The predicted octanol–water partition coefficient (Wildman–Crippen LogP) is 3.14. The summed E-state index contributed by atoms with van der Waals surface area (Å²) in [5.41, 5.74) is 0.433. The number of fused-ring (bicyclic) bond motifs is 1. The zero-order valence-electron chi connectivity index (χ0n) is 14.2. The number of anilines is 1. The van der Waals surface area contributed by atoms with Crippen LogP contribution in [0, 0.1) is 0 Å². The van der Waals surface area contributed by atoms with E-state index in [1.807, 2.05) is 24.3 Å². The van der Waals surface area contributed by atoms with Crippen molar-refractivity contribution in [3.8, 4) is 0 Å². The number of pyridine rings is 1. The highest BCUT2D eigenvalue weighted by Crippen LogP contribution is 2.21. The van der Waals surface area contributed by atoms with Gasteiger partial charge in [-0.05, 0) is 42.0 Å². The third-order valence-electron chi connectivity index (χ3n) is 3.71. The second kappa shape index (κ2) is 7.53. The number of nitrogens with zero attached hydrogens (tertiary/aromatic N) is 1. The highest BCUT2D eigenvalue weighted by atomic mass is 32.2. The molecule has 26 heavy (non-hydrogen) atoms. The van der Waals surface area contributed by atoms with Gasteiger partial charge in [0.15, 0.2) is 0 Å². The molecule has 0 amide bonds. The minimum Gasteiger partial charge on any atom is -0.466 e. The van der Waals surface area contributed by atoms with E-state index in [0.29, 0.717) is 5.69 Å². The van der Waals surface area contributed by atoms with Crippen molar-refractivity contribution in [3.05, 3.63) is 66.4 Å². The molecule has 2 aromatic carbocycles. The van der Waals surface area contributed by atoms with Crippen LogP contribution in [-0.2, 0) is 26.0 Å². The van der Waals surface area contributed by atoms with Crippen molar-refractivity contribution in [2.75, 3.05) is 11.3 Å². The summed E-state index contributed by atoms with van der Waals surface area (Å²) in [6.45, 7) is 2.01. The fourth-order valence-electron chi connectivity index (χ4n) is 2.53. The molecule has 3 aromatic rings. The van der Waals surface area contributed by atoms with Crippen LogP contribution in [0.5, 0.6) is 0 Å². The van der Waals surface area contributed by atoms with Gasteiger partial charge in [0.1, 0.15) is 5.82 Å². The zero-order chi connectivity index (χ0) is 18.6. The summed E-state index contributed by atoms with van der Waals surface area (Å²) in [5, 5.41) is 1.79. The van der Waals surface area contributed by atoms with E-state index in [9.17, 15) is 13.2 Å². The Balaban J connectivity index is 1.83. The molecular formula is C19H18N2O4S. The molecule has 0 saturated heterocycles. The van der Waals surface area contributed by atoms with E-state index in [4.69, 9.17) is 4.74 Å². The number of carbonyl (C=O) groups is 1. The van der Waals surface area contributed by atoms with Crippen LogP contribution >= 0.6 is 0 Å². The lowest BCUT2D eigenvalue weighted by Crippen LogP contribution is -2.15. The molecule has 6 nitrogen and oxygen atoms in total. The van der Waals surface area contributed by atoms with Gasteiger partial charge in [0.25, 0.3) is 10.0 Å². The minimum atomic E-state index is -3.79. The number of sulfonamides is 1. The average Bonchev–Trinajstić information content (AvgIpc) is 2.61. The van der Waals surface area contributed by atoms with Crippen LogP contribution in [0.3, 0.4) is 0 Å². The number of hydrogen-bond acceptors (Lipinski definition) is 5. The maximum Gasteiger partial charge on any atom is 0.311 e. The number of aromatic nitrogens is 1. The van der Waals surface area contributed by atoms with Crippen molar-refractivity contribution in [1.29, 1.82) is 0 Å². The summed E-state index contributed by atoms with van der Waals surface area (Å²) in [7, 11) is -3.79. The lowest BCUT2D eigenvalue weighted by molar-refractivity contribution is -0.142. The maximum absolute atomic E-state index is 12.6. The van der Waals surface area contributed by atoms with Gasteiger partial charge in [-0.15, -0.1) is 0 Å². The van der Waals surface area contributed by atoms with Gasteiger partial charge in [-0.3, -0.25) is 9.52 Å². The van der Waals surface area contributed by atoms with E-state index in [-0.39, 0.29) is 23.7 Å². The predicted molar refractivity (Wildman–Crippen MR) is 99.3 cm³/mol. The van der Waals surface area contributed by atoms with Gasteiger partial charge < -0.3 is 4.74 Å². The monoisotopic (exact) mass is 370 g/mol. The lowest BCUT2D eigenvalue weighted by atomic mass is 10.1. The van der Waals surface area contributed by atoms with Gasteiger partial charge in [-0.25, -0.2) is 13.4 Å². The number of esters is 1. The van der Waals surface area contributed by atoms with Crippen molar-refractivity contribution in [3.63, 3.8) is 0 Å². The highest BCUT2D eigenvalue weighted by molar-refractivity contribution is 7.92. The molecule has 134 valence electrons. The van der Waals surface area contributed by atoms with E-state index < -0.39 is 16.0 Å². The Kier molecular flexibility index (Phi) is 5.18. The number of hydrogen-bond donors (Lipinski definition) is 1. The fraction of sp³-hybridized carbons (Fsp3) is 0.158. The molecule has 0 aliphatic heterocycles. The van der Waals surface area contributed by atoms with E-state index in [0.717, 1.165) is 10.8 Å². The molecule has 0 atom stereocenters. The molecule has 0 aliphatic rings. The third-order valence-corrected chi connectivity index (χ3v) is 5.06. The van der Waals surface area contributed by atoms with Crippen LogP contribution in [0.2, 0.25) is 0 Å². The SMILES string of the molecule is CCOC(=O)Cc1cccc(NS(=O)(=O)c2ccc3ccccc3c2)n1. The molecule has 7 heteroatoms. The number of ether oxygens (including phenoxy) is 1. The first-order valence-corrected chi connectivity index (χ1v) is 9.59. The molecule has 0 aliphatic carbocycles.